The van der Waals surface area contributed by atoms with Crippen LogP contribution in [0, 0.1) is 5.82 Å². The Kier molecular flexibility index (Phi) is 4.74. The maximum atomic E-state index is 12.7. The van der Waals surface area contributed by atoms with Crippen LogP contribution >= 0.6 is 0 Å². The number of carbonyl (C=O) groups is 1. The van der Waals surface area contributed by atoms with Gasteiger partial charge in [-0.15, -0.1) is 0 Å². The molecular weight excluding hydrogens is 245 g/mol. The molecule has 0 aliphatic heterocycles. The van der Waals surface area contributed by atoms with Crippen LogP contribution in [0.25, 0.3) is 0 Å². The number of amides is 2. The van der Waals surface area contributed by atoms with Gasteiger partial charge in [-0.3, -0.25) is 0 Å². The van der Waals surface area contributed by atoms with Gasteiger partial charge in [0.1, 0.15) is 5.82 Å². The van der Waals surface area contributed by atoms with Crippen LogP contribution in [0.4, 0.5) is 9.18 Å². The molecule has 1 aliphatic carbocycles. The van der Waals surface area contributed by atoms with Gasteiger partial charge >= 0.3 is 6.03 Å². The fraction of sp³-hybridized carbons (Fsp3) is 0.500. The van der Waals surface area contributed by atoms with Crippen molar-refractivity contribution < 1.29 is 9.18 Å². The van der Waals surface area contributed by atoms with Crippen molar-refractivity contribution in [2.45, 2.75) is 44.3 Å². The first-order valence-corrected chi connectivity index (χ1v) is 6.69. The Bertz CT molecular complexity index is 421. The standard InChI is InChI=1S/C14H20FN3O/c15-11-7-5-10(6-8-11)9-17-14(19)18-13-4-2-1-3-12(13)16/h5-8,12-13H,1-4,9,16H2,(H2,17,18,19). The molecule has 1 aromatic carbocycles. The van der Waals surface area contributed by atoms with Crippen LogP contribution in [-0.2, 0) is 6.54 Å². The number of urea groups is 1. The Hall–Kier alpha value is -1.62. The van der Waals surface area contributed by atoms with Crippen molar-refractivity contribution in [3.05, 3.63) is 35.6 Å². The van der Waals surface area contributed by atoms with Crippen molar-refractivity contribution in [1.29, 1.82) is 0 Å². The molecule has 0 spiro atoms. The zero-order valence-electron chi connectivity index (χ0n) is 10.9. The molecule has 2 unspecified atom stereocenters. The third-order valence-corrected chi connectivity index (χ3v) is 3.50. The zero-order valence-corrected chi connectivity index (χ0v) is 10.9. The van der Waals surface area contributed by atoms with Gasteiger partial charge in [-0.1, -0.05) is 25.0 Å². The van der Waals surface area contributed by atoms with Crippen molar-refractivity contribution in [3.8, 4) is 0 Å². The third-order valence-electron chi connectivity index (χ3n) is 3.50. The summed E-state index contributed by atoms with van der Waals surface area (Å²) in [5.74, 6) is -0.276. The minimum absolute atomic E-state index is 0.0466. The SMILES string of the molecule is NC1CCCCC1NC(=O)NCc1ccc(F)cc1. The van der Waals surface area contributed by atoms with E-state index < -0.39 is 0 Å². The summed E-state index contributed by atoms with van der Waals surface area (Å²) in [7, 11) is 0. The lowest BCUT2D eigenvalue weighted by Crippen LogP contribution is -2.52. The Morgan fingerprint density at radius 3 is 2.63 bits per heavy atom. The number of halogens is 1. The first kappa shape index (κ1) is 13.8. The summed E-state index contributed by atoms with van der Waals surface area (Å²) in [6.45, 7) is 0.383. The van der Waals surface area contributed by atoms with Crippen molar-refractivity contribution in [3.63, 3.8) is 0 Å². The molecule has 19 heavy (non-hydrogen) atoms. The zero-order chi connectivity index (χ0) is 13.7. The molecule has 0 bridgehead atoms. The van der Waals surface area contributed by atoms with E-state index in [0.717, 1.165) is 31.2 Å². The van der Waals surface area contributed by atoms with E-state index in [-0.39, 0.29) is 23.9 Å². The Balaban J connectivity index is 1.76. The molecule has 1 saturated carbocycles. The number of nitrogens with one attached hydrogen (secondary N) is 2. The third kappa shape index (κ3) is 4.21. The number of rotatable bonds is 3. The lowest BCUT2D eigenvalue weighted by atomic mass is 9.91. The first-order valence-electron chi connectivity index (χ1n) is 6.69. The van der Waals surface area contributed by atoms with E-state index in [1.54, 1.807) is 12.1 Å². The van der Waals surface area contributed by atoms with Crippen molar-refractivity contribution in [2.75, 3.05) is 0 Å². The van der Waals surface area contributed by atoms with Crippen LogP contribution in [-0.4, -0.2) is 18.1 Å². The van der Waals surface area contributed by atoms with Gasteiger partial charge in [-0.2, -0.15) is 0 Å². The van der Waals surface area contributed by atoms with Crippen LogP contribution < -0.4 is 16.4 Å². The number of benzene rings is 1. The molecule has 2 atom stereocenters. The van der Waals surface area contributed by atoms with E-state index in [1.165, 1.54) is 12.1 Å². The van der Waals surface area contributed by atoms with Crippen molar-refractivity contribution >= 4 is 6.03 Å². The molecule has 4 N–H and O–H groups in total. The number of carbonyl (C=O) groups excluding carboxylic acids is 1. The molecule has 5 heteroatoms. The van der Waals surface area contributed by atoms with Crippen molar-refractivity contribution in [2.24, 2.45) is 5.73 Å². The molecule has 1 fully saturated rings. The van der Waals surface area contributed by atoms with Crippen LogP contribution in [0.5, 0.6) is 0 Å². The van der Waals surface area contributed by atoms with Gasteiger partial charge in [0, 0.05) is 18.6 Å². The van der Waals surface area contributed by atoms with Gasteiger partial charge in [-0.05, 0) is 30.5 Å². The molecule has 1 aromatic rings. The molecule has 0 aromatic heterocycles. The molecule has 0 radical (unpaired) electrons. The van der Waals surface area contributed by atoms with E-state index in [1.807, 2.05) is 0 Å². The lowest BCUT2D eigenvalue weighted by molar-refractivity contribution is 0.228. The van der Waals surface area contributed by atoms with Crippen LogP contribution in [0.3, 0.4) is 0 Å². The molecule has 104 valence electrons. The van der Waals surface area contributed by atoms with Gasteiger partial charge in [0.25, 0.3) is 0 Å². The van der Waals surface area contributed by atoms with E-state index in [9.17, 15) is 9.18 Å². The summed E-state index contributed by atoms with van der Waals surface area (Å²) in [6.07, 6.45) is 4.14. The summed E-state index contributed by atoms with van der Waals surface area (Å²) in [5.41, 5.74) is 6.83. The fourth-order valence-electron chi connectivity index (χ4n) is 2.34. The normalized spacial score (nSPS) is 22.8. The second-order valence-corrected chi connectivity index (χ2v) is 5.01. The van der Waals surface area contributed by atoms with Gasteiger partial charge in [0.2, 0.25) is 0 Å². The van der Waals surface area contributed by atoms with Crippen LogP contribution in [0.2, 0.25) is 0 Å². The number of hydrogen-bond donors (Lipinski definition) is 3. The van der Waals surface area contributed by atoms with E-state index >= 15 is 0 Å². The van der Waals surface area contributed by atoms with E-state index in [4.69, 9.17) is 5.73 Å². The summed E-state index contributed by atoms with van der Waals surface area (Å²) >= 11 is 0. The molecule has 0 saturated heterocycles. The van der Waals surface area contributed by atoms with Crippen LogP contribution in [0.15, 0.2) is 24.3 Å². The highest BCUT2D eigenvalue weighted by atomic mass is 19.1. The quantitative estimate of drug-likeness (QED) is 0.781. The summed E-state index contributed by atoms with van der Waals surface area (Å²) < 4.78 is 12.7. The Morgan fingerprint density at radius 1 is 1.26 bits per heavy atom. The molecule has 0 heterocycles. The average Bonchev–Trinajstić information content (AvgIpc) is 2.41. The largest absolute Gasteiger partial charge is 0.334 e. The highest BCUT2D eigenvalue weighted by Crippen LogP contribution is 2.16. The molecule has 2 rings (SSSR count). The maximum Gasteiger partial charge on any atom is 0.315 e. The van der Waals surface area contributed by atoms with E-state index in [0.29, 0.717) is 6.54 Å². The van der Waals surface area contributed by atoms with Gasteiger partial charge in [0.15, 0.2) is 0 Å². The highest BCUT2D eigenvalue weighted by Gasteiger charge is 2.22. The number of nitrogens with two attached hydrogens (primary N) is 1. The first-order chi connectivity index (χ1) is 9.15. The highest BCUT2D eigenvalue weighted by molar-refractivity contribution is 5.74. The monoisotopic (exact) mass is 265 g/mol. The summed E-state index contributed by atoms with van der Waals surface area (Å²) in [6, 6.07) is 5.96. The maximum absolute atomic E-state index is 12.7. The Labute approximate surface area is 112 Å². The fourth-order valence-corrected chi connectivity index (χ4v) is 2.34. The average molecular weight is 265 g/mol. The summed E-state index contributed by atoms with van der Waals surface area (Å²) in [4.78, 5) is 11.7. The van der Waals surface area contributed by atoms with Crippen molar-refractivity contribution in [1.82, 2.24) is 10.6 Å². The lowest BCUT2D eigenvalue weighted by Gasteiger charge is -2.29. The predicted octanol–water partition coefficient (Wildman–Crippen LogP) is 1.89. The summed E-state index contributed by atoms with van der Waals surface area (Å²) in [5, 5.41) is 5.66. The second-order valence-electron chi connectivity index (χ2n) is 5.01. The van der Waals surface area contributed by atoms with Gasteiger partial charge in [-0.25, -0.2) is 9.18 Å². The smallest absolute Gasteiger partial charge is 0.315 e. The second kappa shape index (κ2) is 6.52. The van der Waals surface area contributed by atoms with Crippen LogP contribution in [0.1, 0.15) is 31.2 Å². The molecule has 1 aliphatic rings. The topological polar surface area (TPSA) is 67.1 Å². The minimum Gasteiger partial charge on any atom is -0.334 e. The van der Waals surface area contributed by atoms with Gasteiger partial charge in [0.05, 0.1) is 0 Å². The van der Waals surface area contributed by atoms with E-state index in [2.05, 4.69) is 10.6 Å². The Morgan fingerprint density at radius 2 is 1.95 bits per heavy atom. The number of hydrogen-bond acceptors (Lipinski definition) is 2. The predicted molar refractivity (Wildman–Crippen MR) is 72.0 cm³/mol. The minimum atomic E-state index is -0.276. The molecule has 2 amide bonds. The molecular formula is C14H20FN3O. The molecule has 4 nitrogen and oxygen atoms in total. The van der Waals surface area contributed by atoms with Gasteiger partial charge < -0.3 is 16.4 Å².